The van der Waals surface area contributed by atoms with Gasteiger partial charge in [0.2, 0.25) is 11.8 Å². The number of rotatable bonds is 19. The Morgan fingerprint density at radius 1 is 0.429 bits per heavy atom. The highest BCUT2D eigenvalue weighted by atomic mass is 35.5. The normalized spacial score (nSPS) is 14.7. The Bertz CT molecular complexity index is 4430. The summed E-state index contributed by atoms with van der Waals surface area (Å²) in [5.41, 5.74) is 28.2. The molecule has 0 aliphatic carbocycles. The maximum atomic E-state index is 13.3. The average Bonchev–Trinajstić information content (AvgIpc) is 1.68. The van der Waals surface area contributed by atoms with E-state index >= 15 is 0 Å². The van der Waals surface area contributed by atoms with Gasteiger partial charge in [0.05, 0.1) is 58.2 Å². The summed E-state index contributed by atoms with van der Waals surface area (Å²) in [4.78, 5) is 86.9. The number of hydrogen-bond acceptors (Lipinski definition) is 15. The minimum atomic E-state index is -1.26. The molecule has 0 saturated carbocycles. The van der Waals surface area contributed by atoms with Crippen LogP contribution in [-0.2, 0) is 61.2 Å². The molecule has 0 unspecified atom stereocenters. The van der Waals surface area contributed by atoms with Crippen LogP contribution >= 0.6 is 24.8 Å². The van der Waals surface area contributed by atoms with Crippen LogP contribution in [0.1, 0.15) is 161 Å². The van der Waals surface area contributed by atoms with E-state index in [9.17, 15) is 33.2 Å². The van der Waals surface area contributed by atoms with Crippen molar-refractivity contribution in [3.8, 4) is 0 Å². The van der Waals surface area contributed by atoms with Crippen LogP contribution in [0.2, 0.25) is 0 Å². The standard InChI is InChI=1S/2C25H33N3O3.C20H23N3.C13H14N2.C12H20FNO3.2ClH/c2*1-25(2,3)31-24(30)27-15-13-19(14-16-27)17-23(29)28(18-20-9-5-4-6-10-20)22-12-8-7-11-21(22)26;1-2-6-17(7-3-1)15-23-19-9-5-4-8-18(19)22-20(23)14-16-10-12-21-13-11-16;14-12-8-4-5-9-13(12)15-10-11-6-2-1-3-7-11;1-12(2,3)17-11(16)14-6-4-9(5-7-14)8-10(13)15;;/h2*4-12,19H,13-18,26H2,1-3H3;1-9,16,21H,10-15H2;1-9,15H,10,14H2;9H,4-8H2,1-3H3;2*1H. The number of ether oxygens (including phenoxy) is 3. The molecule has 24 heteroatoms. The van der Waals surface area contributed by atoms with Gasteiger partial charge in [0.1, 0.15) is 22.6 Å². The molecule has 5 amide bonds. The van der Waals surface area contributed by atoms with Crippen LogP contribution in [0.3, 0.4) is 0 Å². The molecular formula is C95H125Cl2FN12O9. The number of halogens is 3. The first-order valence-corrected chi connectivity index (χ1v) is 41.3. The van der Waals surface area contributed by atoms with E-state index in [2.05, 4.69) is 81.9 Å². The number of nitrogens with two attached hydrogens (primary N) is 3. The molecule has 0 bridgehead atoms. The van der Waals surface area contributed by atoms with Crippen LogP contribution in [0.15, 0.2) is 218 Å². The number of likely N-dealkylation sites (tertiary alicyclic amines) is 3. The van der Waals surface area contributed by atoms with Crippen LogP contribution < -0.4 is 37.6 Å². The number of para-hydroxylation sites is 8. The number of nitrogens with one attached hydrogen (secondary N) is 2. The molecule has 9 aromatic rings. The molecule has 4 fully saturated rings. The van der Waals surface area contributed by atoms with Gasteiger partial charge < -0.3 is 71.1 Å². The lowest BCUT2D eigenvalue weighted by Crippen LogP contribution is -2.42. The van der Waals surface area contributed by atoms with E-state index in [0.29, 0.717) is 89.4 Å². The Morgan fingerprint density at radius 3 is 1.16 bits per heavy atom. The Hall–Kier alpha value is -10.7. The number of carbonyl (C=O) groups excluding carboxylic acids is 6. The van der Waals surface area contributed by atoms with E-state index in [4.69, 9.17) is 36.4 Å². The zero-order valence-corrected chi connectivity index (χ0v) is 72.4. The van der Waals surface area contributed by atoms with Crippen LogP contribution in [0.5, 0.6) is 0 Å². The molecule has 4 saturated heterocycles. The second-order valence-corrected chi connectivity index (χ2v) is 33.7. The van der Waals surface area contributed by atoms with Crippen molar-refractivity contribution in [2.45, 2.75) is 182 Å². The fourth-order valence-corrected chi connectivity index (χ4v) is 14.5. The molecule has 4 aliphatic heterocycles. The number of anilines is 6. The van der Waals surface area contributed by atoms with Crippen molar-refractivity contribution >= 4 is 106 Å². The third-order valence-corrected chi connectivity index (χ3v) is 20.7. The first kappa shape index (κ1) is 95.5. The summed E-state index contributed by atoms with van der Waals surface area (Å²) in [5.74, 6) is 2.62. The van der Waals surface area contributed by atoms with Crippen LogP contribution in [0.4, 0.5) is 52.9 Å². The Balaban J connectivity index is 0.000000210. The number of nitrogen functional groups attached to an aromatic ring is 3. The van der Waals surface area contributed by atoms with Crippen molar-refractivity contribution in [3.05, 3.63) is 246 Å². The number of aromatic nitrogens is 2. The summed E-state index contributed by atoms with van der Waals surface area (Å²) < 4.78 is 30.8. The van der Waals surface area contributed by atoms with Crippen LogP contribution in [0, 0.1) is 23.7 Å². The summed E-state index contributed by atoms with van der Waals surface area (Å²) >= 11 is 0. The van der Waals surface area contributed by atoms with Gasteiger partial charge in [-0.3, -0.25) is 14.4 Å². The first-order valence-electron chi connectivity index (χ1n) is 41.3. The number of carbonyl (C=O) groups is 6. The Morgan fingerprint density at radius 2 is 0.773 bits per heavy atom. The average molecular weight is 1670 g/mol. The van der Waals surface area contributed by atoms with Crippen molar-refractivity contribution in [3.63, 3.8) is 0 Å². The predicted molar refractivity (Wildman–Crippen MR) is 482 cm³/mol. The van der Waals surface area contributed by atoms with Gasteiger partial charge in [-0.15, -0.1) is 24.8 Å². The summed E-state index contributed by atoms with van der Waals surface area (Å²) in [6, 6.07) is 70.8. The topological polar surface area (TPSA) is 266 Å². The number of nitrogens with zero attached hydrogens (tertiary/aromatic N) is 7. The number of amides is 5. The second-order valence-electron chi connectivity index (χ2n) is 33.7. The maximum Gasteiger partial charge on any atom is 0.410 e. The van der Waals surface area contributed by atoms with E-state index in [-0.39, 0.29) is 79.1 Å². The van der Waals surface area contributed by atoms with Gasteiger partial charge in [-0.1, -0.05) is 170 Å². The summed E-state index contributed by atoms with van der Waals surface area (Å²) in [7, 11) is 0. The predicted octanol–water partition coefficient (Wildman–Crippen LogP) is 19.5. The van der Waals surface area contributed by atoms with Crippen molar-refractivity contribution in [1.29, 1.82) is 0 Å². The molecule has 8 N–H and O–H groups in total. The zero-order chi connectivity index (χ0) is 83.9. The highest BCUT2D eigenvalue weighted by Gasteiger charge is 2.33. The maximum absolute atomic E-state index is 13.3. The van der Waals surface area contributed by atoms with E-state index < -0.39 is 22.8 Å². The number of fused-ring (bicyclic) bond motifs is 1. The zero-order valence-electron chi connectivity index (χ0n) is 70.8. The molecule has 21 nitrogen and oxygen atoms in total. The fraction of sp³-hybridized carbons (Fsp3) is 0.421. The number of benzene rings is 8. The van der Waals surface area contributed by atoms with E-state index in [1.807, 2.05) is 214 Å². The van der Waals surface area contributed by atoms with Crippen LogP contribution in [0.25, 0.3) is 11.0 Å². The lowest BCUT2D eigenvalue weighted by molar-refractivity contribution is -0.130. The SMILES string of the molecule is CC(C)(C)OC(=O)N1CCC(CC(=O)F)CC1.CC(C)(C)OC(=O)N1CCC(CC(=O)N(Cc2ccccc2)c2ccccc2N)CC1.CC(C)(C)OC(=O)N1CCC(CC(=O)N(Cc2ccccc2)c2ccccc2N)CC1.Cl.Cl.Nc1ccccc1NCc1ccccc1.c1ccc(Cn2c(CC3CCNCC3)nc3ccccc32)cc1. The first-order chi connectivity index (χ1) is 56.0. The monoisotopic (exact) mass is 1670 g/mol. The van der Waals surface area contributed by atoms with Gasteiger partial charge in [-0.25, -0.2) is 19.4 Å². The van der Waals surface area contributed by atoms with Gasteiger partial charge in [0.25, 0.3) is 0 Å². The molecule has 0 radical (unpaired) electrons. The fourth-order valence-electron chi connectivity index (χ4n) is 14.5. The molecule has 0 spiro atoms. The van der Waals surface area contributed by atoms with Crippen molar-refractivity contribution in [2.75, 3.05) is 84.7 Å². The molecule has 1 aromatic heterocycles. The van der Waals surface area contributed by atoms with E-state index in [1.165, 1.54) is 35.3 Å². The highest BCUT2D eigenvalue weighted by Crippen LogP contribution is 2.33. The molecule has 8 aromatic carbocycles. The number of imidazole rings is 1. The molecule has 0 atom stereocenters. The largest absolute Gasteiger partial charge is 0.444 e. The van der Waals surface area contributed by atoms with Gasteiger partial charge in [-0.05, 0) is 221 Å². The molecular weight excluding hydrogens is 1540 g/mol. The molecule has 5 heterocycles. The molecule has 13 rings (SSSR count). The smallest absolute Gasteiger partial charge is 0.410 e. The summed E-state index contributed by atoms with van der Waals surface area (Å²) in [6.45, 7) is 25.1. The van der Waals surface area contributed by atoms with Gasteiger partial charge in [0.15, 0.2) is 0 Å². The molecule has 119 heavy (non-hydrogen) atoms. The molecule has 640 valence electrons. The minimum absolute atomic E-state index is 0. The third-order valence-electron chi connectivity index (χ3n) is 20.7. The molecule has 4 aliphatic rings. The van der Waals surface area contributed by atoms with Gasteiger partial charge >= 0.3 is 24.3 Å². The van der Waals surface area contributed by atoms with Gasteiger partial charge in [-0.2, -0.15) is 4.39 Å². The second kappa shape index (κ2) is 47.2. The summed E-state index contributed by atoms with van der Waals surface area (Å²) in [6.07, 6.45) is 8.03. The highest BCUT2D eigenvalue weighted by molar-refractivity contribution is 5.97. The van der Waals surface area contributed by atoms with Crippen molar-refractivity contribution < 1.29 is 47.4 Å². The van der Waals surface area contributed by atoms with Gasteiger partial charge in [0, 0.05) is 78.0 Å². The van der Waals surface area contributed by atoms with E-state index in [0.717, 1.165) is 104 Å². The minimum Gasteiger partial charge on any atom is -0.444 e. The van der Waals surface area contributed by atoms with E-state index in [1.54, 1.807) is 24.5 Å². The van der Waals surface area contributed by atoms with Crippen LogP contribution in [-0.4, -0.2) is 130 Å². The Labute approximate surface area is 716 Å². The Kier molecular flexibility index (Phi) is 37.9. The lowest BCUT2D eigenvalue weighted by atomic mass is 9.93. The van der Waals surface area contributed by atoms with Crippen molar-refractivity contribution in [2.24, 2.45) is 23.7 Å². The number of piperidine rings is 4. The van der Waals surface area contributed by atoms with Crippen molar-refractivity contribution in [1.82, 2.24) is 29.6 Å². The lowest BCUT2D eigenvalue weighted by Gasteiger charge is -2.34. The summed E-state index contributed by atoms with van der Waals surface area (Å²) in [5, 5.41) is 6.76. The third kappa shape index (κ3) is 32.5. The number of hydrogen-bond donors (Lipinski definition) is 5. The quantitative estimate of drug-likeness (QED) is 0.0286.